The lowest BCUT2D eigenvalue weighted by Gasteiger charge is -2.56. The van der Waals surface area contributed by atoms with Gasteiger partial charge in [0, 0.05) is 22.7 Å². The van der Waals surface area contributed by atoms with Crippen molar-refractivity contribution in [2.45, 2.75) is 44.9 Å². The Labute approximate surface area is 203 Å². The number of rotatable bonds is 4. The molecule has 7 heteroatoms. The van der Waals surface area contributed by atoms with Gasteiger partial charge in [-0.05, 0) is 110 Å². The van der Waals surface area contributed by atoms with Gasteiger partial charge in [0.1, 0.15) is 5.52 Å². The average Bonchev–Trinajstić information content (AvgIpc) is 3.15. The number of amides is 1. The molecule has 0 saturated heterocycles. The number of aromatic nitrogens is 1. The van der Waals surface area contributed by atoms with Gasteiger partial charge in [-0.2, -0.15) is 0 Å². The van der Waals surface area contributed by atoms with Crippen molar-refractivity contribution < 1.29 is 9.21 Å². The van der Waals surface area contributed by atoms with Crippen molar-refractivity contribution in [3.8, 4) is 11.5 Å². The molecule has 4 bridgehead atoms. The highest BCUT2D eigenvalue weighted by Gasteiger charge is 2.51. The Morgan fingerprint density at radius 3 is 2.52 bits per heavy atom. The molecule has 4 aliphatic rings. The average molecular weight is 480 g/mol. The molecule has 0 radical (unpaired) electrons. The van der Waals surface area contributed by atoms with Crippen LogP contribution >= 0.6 is 23.8 Å². The van der Waals surface area contributed by atoms with Gasteiger partial charge in [-0.3, -0.25) is 4.79 Å². The van der Waals surface area contributed by atoms with Crippen molar-refractivity contribution in [2.24, 2.45) is 23.2 Å². The fourth-order valence-corrected chi connectivity index (χ4v) is 7.35. The summed E-state index contributed by atoms with van der Waals surface area (Å²) >= 11 is 11.5. The van der Waals surface area contributed by atoms with Gasteiger partial charge in [0.15, 0.2) is 10.7 Å². The summed E-state index contributed by atoms with van der Waals surface area (Å²) in [6.45, 7) is 0. The van der Waals surface area contributed by atoms with E-state index in [-0.39, 0.29) is 11.3 Å². The minimum Gasteiger partial charge on any atom is -0.436 e. The molecular weight excluding hydrogens is 454 g/mol. The van der Waals surface area contributed by atoms with Crippen LogP contribution in [0.5, 0.6) is 0 Å². The number of thiocarbonyl (C=S) groups is 1. The van der Waals surface area contributed by atoms with Gasteiger partial charge in [-0.25, -0.2) is 4.98 Å². The van der Waals surface area contributed by atoms with Crippen LogP contribution in [-0.4, -0.2) is 16.0 Å². The van der Waals surface area contributed by atoms with Gasteiger partial charge in [-0.15, -0.1) is 0 Å². The molecule has 2 N–H and O–H groups in total. The summed E-state index contributed by atoms with van der Waals surface area (Å²) in [4.78, 5) is 17.4. The molecule has 4 saturated carbocycles. The van der Waals surface area contributed by atoms with Crippen molar-refractivity contribution in [3.05, 3.63) is 47.5 Å². The summed E-state index contributed by atoms with van der Waals surface area (Å²) < 4.78 is 5.87. The third-order valence-electron chi connectivity index (χ3n) is 7.67. The summed E-state index contributed by atoms with van der Waals surface area (Å²) in [5.74, 6) is 3.04. The van der Waals surface area contributed by atoms with E-state index in [1.807, 2.05) is 42.5 Å². The van der Waals surface area contributed by atoms with Crippen molar-refractivity contribution in [2.75, 3.05) is 5.32 Å². The lowest BCUT2D eigenvalue weighted by atomic mass is 9.49. The van der Waals surface area contributed by atoms with E-state index in [2.05, 4.69) is 15.6 Å². The molecule has 1 heterocycles. The zero-order valence-corrected chi connectivity index (χ0v) is 19.8. The molecule has 4 fully saturated rings. The van der Waals surface area contributed by atoms with E-state index in [1.54, 1.807) is 0 Å². The Morgan fingerprint density at radius 2 is 1.82 bits per heavy atom. The molecule has 5 nitrogen and oxygen atoms in total. The lowest BCUT2D eigenvalue weighted by molar-refractivity contribution is -0.127. The first-order chi connectivity index (χ1) is 15.9. The minimum absolute atomic E-state index is 0.0280. The fraction of sp³-hybridized carbons (Fsp3) is 0.423. The van der Waals surface area contributed by atoms with Gasteiger partial charge in [0.2, 0.25) is 11.8 Å². The van der Waals surface area contributed by atoms with E-state index < -0.39 is 0 Å². The van der Waals surface area contributed by atoms with Crippen LogP contribution in [0.4, 0.5) is 5.69 Å². The van der Waals surface area contributed by atoms with Crippen LogP contribution in [0.15, 0.2) is 46.9 Å². The summed E-state index contributed by atoms with van der Waals surface area (Å²) in [5, 5.41) is 6.99. The molecule has 0 spiro atoms. The van der Waals surface area contributed by atoms with Crippen LogP contribution in [0.1, 0.15) is 44.9 Å². The molecule has 0 unspecified atom stereocenters. The van der Waals surface area contributed by atoms with E-state index in [9.17, 15) is 4.79 Å². The van der Waals surface area contributed by atoms with Crippen molar-refractivity contribution in [1.82, 2.24) is 10.3 Å². The fourth-order valence-electron chi connectivity index (χ4n) is 6.93. The largest absolute Gasteiger partial charge is 0.436 e. The molecule has 0 aliphatic heterocycles. The van der Waals surface area contributed by atoms with E-state index in [4.69, 9.17) is 28.2 Å². The number of carbonyl (C=O) groups is 1. The number of hydrogen-bond acceptors (Lipinski definition) is 4. The summed E-state index contributed by atoms with van der Waals surface area (Å²) in [5.41, 5.74) is 3.16. The SMILES string of the molecule is O=C(CC12CC3CC(CC(C3)C1)C2)NC(=S)Nc1ccc2oc(-c3cccc(Cl)c3)nc2c1. The molecule has 33 heavy (non-hydrogen) atoms. The van der Waals surface area contributed by atoms with E-state index >= 15 is 0 Å². The van der Waals surface area contributed by atoms with Gasteiger partial charge < -0.3 is 15.1 Å². The smallest absolute Gasteiger partial charge is 0.227 e. The number of hydrogen-bond donors (Lipinski definition) is 2. The van der Waals surface area contributed by atoms with E-state index in [1.165, 1.54) is 38.5 Å². The van der Waals surface area contributed by atoms with E-state index in [0.29, 0.717) is 33.5 Å². The third-order valence-corrected chi connectivity index (χ3v) is 8.11. The quantitative estimate of drug-likeness (QED) is 0.414. The van der Waals surface area contributed by atoms with Crippen molar-refractivity contribution >= 4 is 51.6 Å². The Kier molecular flexibility index (Phi) is 5.18. The number of fused-ring (bicyclic) bond motifs is 1. The molecule has 4 aliphatic carbocycles. The van der Waals surface area contributed by atoms with Crippen molar-refractivity contribution in [3.63, 3.8) is 0 Å². The maximum Gasteiger partial charge on any atom is 0.227 e. The second-order valence-electron chi connectivity index (χ2n) is 10.3. The number of nitrogens with one attached hydrogen (secondary N) is 2. The van der Waals surface area contributed by atoms with Gasteiger partial charge in [0.05, 0.1) is 0 Å². The molecule has 170 valence electrons. The third kappa shape index (κ3) is 4.26. The lowest BCUT2D eigenvalue weighted by Crippen LogP contribution is -2.48. The van der Waals surface area contributed by atoms with Crippen LogP contribution in [0.3, 0.4) is 0 Å². The Hall–Kier alpha value is -2.44. The Morgan fingerprint density at radius 1 is 1.09 bits per heavy atom. The zero-order chi connectivity index (χ0) is 22.6. The maximum atomic E-state index is 12.9. The van der Waals surface area contributed by atoms with E-state index in [0.717, 1.165) is 29.0 Å². The van der Waals surface area contributed by atoms with Crippen LogP contribution < -0.4 is 10.6 Å². The number of halogens is 1. The standard InChI is InChI=1S/C26H26ClN3O2S/c27-19-3-1-2-18(9-19)24-29-21-10-20(4-5-22(21)32-24)28-25(33)30-23(31)14-26-11-15-6-16(12-26)8-17(7-15)13-26/h1-5,9-10,15-17H,6-8,11-14H2,(H2,28,30,31,33). The second kappa shape index (κ2) is 8.10. The topological polar surface area (TPSA) is 67.2 Å². The first-order valence-electron chi connectivity index (χ1n) is 11.7. The highest BCUT2D eigenvalue weighted by atomic mass is 35.5. The zero-order valence-electron chi connectivity index (χ0n) is 18.3. The number of oxazole rings is 1. The molecular formula is C26H26ClN3O2S. The number of nitrogens with zero attached hydrogens (tertiary/aromatic N) is 1. The summed E-state index contributed by atoms with van der Waals surface area (Å²) in [6, 6.07) is 13.0. The van der Waals surface area contributed by atoms with Gasteiger partial charge >= 0.3 is 0 Å². The first kappa shape index (κ1) is 21.1. The highest BCUT2D eigenvalue weighted by molar-refractivity contribution is 7.80. The number of carbonyl (C=O) groups excluding carboxylic acids is 1. The Bertz CT molecular complexity index is 1220. The maximum absolute atomic E-state index is 12.9. The molecule has 7 rings (SSSR count). The molecule has 0 atom stereocenters. The Balaban J connectivity index is 1.11. The van der Waals surface area contributed by atoms with Crippen LogP contribution in [0.25, 0.3) is 22.6 Å². The van der Waals surface area contributed by atoms with Crippen LogP contribution in [0.2, 0.25) is 5.02 Å². The van der Waals surface area contributed by atoms with Crippen molar-refractivity contribution in [1.29, 1.82) is 0 Å². The normalized spacial score (nSPS) is 27.6. The predicted molar refractivity (Wildman–Crippen MR) is 134 cm³/mol. The molecule has 1 amide bonds. The van der Waals surface area contributed by atoms with Crippen LogP contribution in [0, 0.1) is 23.2 Å². The molecule has 1 aromatic heterocycles. The number of benzene rings is 2. The first-order valence-corrected chi connectivity index (χ1v) is 12.5. The molecule has 3 aromatic rings. The predicted octanol–water partition coefficient (Wildman–Crippen LogP) is 6.57. The number of anilines is 1. The second-order valence-corrected chi connectivity index (χ2v) is 11.2. The molecule has 2 aromatic carbocycles. The minimum atomic E-state index is 0.0280. The van der Waals surface area contributed by atoms with Gasteiger partial charge in [-0.1, -0.05) is 17.7 Å². The summed E-state index contributed by atoms with van der Waals surface area (Å²) in [7, 11) is 0. The summed E-state index contributed by atoms with van der Waals surface area (Å²) in [6.07, 6.45) is 8.36. The van der Waals surface area contributed by atoms with Gasteiger partial charge in [0.25, 0.3) is 0 Å². The highest BCUT2D eigenvalue weighted by Crippen LogP contribution is 2.61. The monoisotopic (exact) mass is 479 g/mol. The van der Waals surface area contributed by atoms with Crippen LogP contribution in [-0.2, 0) is 4.79 Å².